The highest BCUT2D eigenvalue weighted by molar-refractivity contribution is 6.71. The minimum atomic E-state index is -2.07. The second kappa shape index (κ2) is 5.82. The van der Waals surface area contributed by atoms with Crippen molar-refractivity contribution in [3.8, 4) is 0 Å². The lowest BCUT2D eigenvalue weighted by Gasteiger charge is -2.23. The van der Waals surface area contributed by atoms with E-state index in [1.165, 1.54) is 0 Å². The molecule has 0 saturated carbocycles. The summed E-state index contributed by atoms with van der Waals surface area (Å²) in [7, 11) is -2.07. The molecule has 1 rings (SSSR count). The van der Waals surface area contributed by atoms with Gasteiger partial charge in [-0.1, -0.05) is 25.1 Å². The average Bonchev–Trinajstić information content (AvgIpc) is 2.27. The van der Waals surface area contributed by atoms with Crippen molar-refractivity contribution in [1.29, 1.82) is 0 Å². The molecule has 0 unspecified atom stereocenters. The summed E-state index contributed by atoms with van der Waals surface area (Å²) in [4.78, 5) is 14.9. The van der Waals surface area contributed by atoms with Crippen LogP contribution in [0.25, 0.3) is 0 Å². The zero-order valence-corrected chi connectivity index (χ0v) is 11.1. The Hall–Kier alpha value is -1.13. The summed E-state index contributed by atoms with van der Waals surface area (Å²) in [5, 5.41) is 0. The Bertz CT molecular complexity index is 338. The number of hydrogen-bond acceptors (Lipinski definition) is 2. The Morgan fingerprint density at radius 1 is 1.31 bits per heavy atom. The summed E-state index contributed by atoms with van der Waals surface area (Å²) in [6, 6.07) is 9.22. The fraction of sp³-hybridized carbons (Fsp3) is 0.417. The van der Waals surface area contributed by atoms with Gasteiger partial charge in [-0.25, -0.2) is 0 Å². The van der Waals surface area contributed by atoms with Gasteiger partial charge in [0.05, 0.1) is 0 Å². The number of nitrogens with one attached hydrogen (secondary N) is 1. The van der Waals surface area contributed by atoms with E-state index in [4.69, 9.17) is 4.43 Å². The molecule has 1 aromatic carbocycles. The van der Waals surface area contributed by atoms with Crippen molar-refractivity contribution in [3.63, 3.8) is 0 Å². The van der Waals surface area contributed by atoms with E-state index < -0.39 is 8.48 Å². The van der Waals surface area contributed by atoms with Crippen molar-refractivity contribution in [3.05, 3.63) is 35.9 Å². The van der Waals surface area contributed by atoms with Gasteiger partial charge in [0.2, 0.25) is 5.91 Å². The molecule has 0 heterocycles. The molecule has 3 nitrogen and oxygen atoms in total. The number of rotatable bonds is 5. The maximum absolute atomic E-state index is 11.9. The SMILES string of the molecule is CCCO[Si](C)(C)NC(=O)c1ccccc1. The molecule has 0 aliphatic carbocycles. The number of benzene rings is 1. The number of carbonyl (C=O) groups is 1. The summed E-state index contributed by atoms with van der Waals surface area (Å²) in [6.07, 6.45) is 0.970. The van der Waals surface area contributed by atoms with Gasteiger partial charge in [0.25, 0.3) is 8.48 Å². The second-order valence-corrected chi connectivity index (χ2v) is 7.74. The zero-order valence-electron chi connectivity index (χ0n) is 10.1. The summed E-state index contributed by atoms with van der Waals surface area (Å²) in [6.45, 7) is 6.74. The van der Waals surface area contributed by atoms with Gasteiger partial charge in [0.1, 0.15) is 0 Å². The van der Waals surface area contributed by atoms with Crippen molar-refractivity contribution in [2.24, 2.45) is 0 Å². The molecule has 0 aliphatic rings. The molecule has 88 valence electrons. The van der Waals surface area contributed by atoms with Gasteiger partial charge in [0.15, 0.2) is 0 Å². The van der Waals surface area contributed by atoms with E-state index in [1.807, 2.05) is 31.3 Å². The fourth-order valence-electron chi connectivity index (χ4n) is 1.33. The molecule has 0 spiro atoms. The van der Waals surface area contributed by atoms with Crippen molar-refractivity contribution < 1.29 is 9.22 Å². The van der Waals surface area contributed by atoms with E-state index in [1.54, 1.807) is 12.1 Å². The summed E-state index contributed by atoms with van der Waals surface area (Å²) in [5.74, 6) is -0.0478. The molecule has 0 bridgehead atoms. The van der Waals surface area contributed by atoms with Crippen LogP contribution in [-0.4, -0.2) is 21.0 Å². The zero-order chi connectivity index (χ0) is 12.0. The van der Waals surface area contributed by atoms with Crippen LogP contribution < -0.4 is 4.98 Å². The molecule has 0 fully saturated rings. The molecular weight excluding hydrogens is 218 g/mol. The van der Waals surface area contributed by atoms with Gasteiger partial charge in [0, 0.05) is 12.2 Å². The monoisotopic (exact) mass is 237 g/mol. The van der Waals surface area contributed by atoms with Crippen LogP contribution in [0.3, 0.4) is 0 Å². The standard InChI is InChI=1S/C12H19NO2Si/c1-4-10-15-16(2,3)13-12(14)11-8-6-5-7-9-11/h5-9H,4,10H2,1-3H3,(H,13,14). The normalized spacial score (nSPS) is 11.2. The van der Waals surface area contributed by atoms with Crippen molar-refractivity contribution in [2.75, 3.05) is 6.61 Å². The third-order valence-corrected chi connectivity index (χ3v) is 3.87. The van der Waals surface area contributed by atoms with Crippen LogP contribution in [0.5, 0.6) is 0 Å². The molecule has 1 N–H and O–H groups in total. The fourth-order valence-corrected chi connectivity index (χ4v) is 2.81. The molecule has 16 heavy (non-hydrogen) atoms. The highest BCUT2D eigenvalue weighted by Gasteiger charge is 2.25. The third-order valence-electron chi connectivity index (χ3n) is 2.12. The molecule has 0 saturated heterocycles. The molecule has 1 amide bonds. The van der Waals surface area contributed by atoms with Crippen molar-refractivity contribution in [2.45, 2.75) is 26.4 Å². The highest BCUT2D eigenvalue weighted by atomic mass is 28.4. The molecule has 1 aromatic rings. The van der Waals surface area contributed by atoms with E-state index in [9.17, 15) is 4.79 Å². The Morgan fingerprint density at radius 2 is 1.94 bits per heavy atom. The molecule has 0 atom stereocenters. The summed E-state index contributed by atoms with van der Waals surface area (Å²) in [5.41, 5.74) is 0.683. The molecule has 0 radical (unpaired) electrons. The largest absolute Gasteiger partial charge is 0.399 e. The van der Waals surface area contributed by atoms with Gasteiger partial charge in [-0.15, -0.1) is 0 Å². The van der Waals surface area contributed by atoms with E-state index in [2.05, 4.69) is 11.9 Å². The number of hydrogen-bond donors (Lipinski definition) is 1. The third kappa shape index (κ3) is 4.16. The summed E-state index contributed by atoms with van der Waals surface area (Å²) < 4.78 is 5.68. The smallest absolute Gasteiger partial charge is 0.294 e. The van der Waals surface area contributed by atoms with Crippen LogP contribution in [0.2, 0.25) is 13.1 Å². The lowest BCUT2D eigenvalue weighted by molar-refractivity contribution is 0.0968. The topological polar surface area (TPSA) is 38.3 Å². The van der Waals surface area contributed by atoms with Gasteiger partial charge in [-0.05, 0) is 31.6 Å². The van der Waals surface area contributed by atoms with Crippen LogP contribution in [-0.2, 0) is 4.43 Å². The minimum absolute atomic E-state index is 0.0478. The van der Waals surface area contributed by atoms with E-state index in [0.717, 1.165) is 6.42 Å². The van der Waals surface area contributed by atoms with Crippen molar-refractivity contribution in [1.82, 2.24) is 4.98 Å². The number of amides is 1. The van der Waals surface area contributed by atoms with Gasteiger partial charge in [-0.3, -0.25) is 4.79 Å². The van der Waals surface area contributed by atoms with Crippen molar-refractivity contribution >= 4 is 14.4 Å². The highest BCUT2D eigenvalue weighted by Crippen LogP contribution is 2.04. The molecular formula is C12H19NO2Si. The Balaban J connectivity index is 2.57. The predicted molar refractivity (Wildman–Crippen MR) is 67.6 cm³/mol. The van der Waals surface area contributed by atoms with E-state index >= 15 is 0 Å². The van der Waals surface area contributed by atoms with Crippen LogP contribution in [0, 0.1) is 0 Å². The Morgan fingerprint density at radius 3 is 2.50 bits per heavy atom. The average molecular weight is 237 g/mol. The van der Waals surface area contributed by atoms with Crippen LogP contribution in [0.15, 0.2) is 30.3 Å². The van der Waals surface area contributed by atoms with Crippen LogP contribution in [0.1, 0.15) is 23.7 Å². The van der Waals surface area contributed by atoms with Gasteiger partial charge < -0.3 is 9.41 Å². The van der Waals surface area contributed by atoms with Gasteiger partial charge in [-0.2, -0.15) is 0 Å². The lowest BCUT2D eigenvalue weighted by Crippen LogP contribution is -2.51. The summed E-state index contributed by atoms with van der Waals surface area (Å²) >= 11 is 0. The maximum Gasteiger partial charge on any atom is 0.294 e. The van der Waals surface area contributed by atoms with E-state index in [-0.39, 0.29) is 5.91 Å². The molecule has 0 aromatic heterocycles. The van der Waals surface area contributed by atoms with Gasteiger partial charge >= 0.3 is 0 Å². The first-order chi connectivity index (χ1) is 7.55. The van der Waals surface area contributed by atoms with E-state index in [0.29, 0.717) is 12.2 Å². The molecule has 0 aliphatic heterocycles. The van der Waals surface area contributed by atoms with Crippen LogP contribution >= 0.6 is 0 Å². The predicted octanol–water partition coefficient (Wildman–Crippen LogP) is 2.54. The van der Waals surface area contributed by atoms with Crippen LogP contribution in [0.4, 0.5) is 0 Å². The second-order valence-electron chi connectivity index (χ2n) is 4.18. The first-order valence-electron chi connectivity index (χ1n) is 5.56. The first-order valence-corrected chi connectivity index (χ1v) is 8.47. The quantitative estimate of drug-likeness (QED) is 0.799. The lowest BCUT2D eigenvalue weighted by atomic mass is 10.2. The maximum atomic E-state index is 11.9. The Labute approximate surface area is 98.0 Å². The molecule has 4 heteroatoms. The number of carbonyl (C=O) groups excluding carboxylic acids is 1. The Kier molecular flexibility index (Phi) is 4.70. The minimum Gasteiger partial charge on any atom is -0.399 e. The first kappa shape index (κ1) is 12.9.